The van der Waals surface area contributed by atoms with Crippen LogP contribution < -0.4 is 18.9 Å². The van der Waals surface area contributed by atoms with Crippen LogP contribution in [0.1, 0.15) is 36.1 Å². The molecule has 0 aromatic heterocycles. The lowest BCUT2D eigenvalue weighted by molar-refractivity contribution is 0.168. The van der Waals surface area contributed by atoms with Crippen LogP contribution in [0.4, 0.5) is 0 Å². The summed E-state index contributed by atoms with van der Waals surface area (Å²) in [7, 11) is 1.67. The Morgan fingerprint density at radius 2 is 1.76 bits per heavy atom. The minimum Gasteiger partial charge on any atom is -0.497 e. The predicted octanol–water partition coefficient (Wildman–Crippen LogP) is 5.74. The summed E-state index contributed by atoms with van der Waals surface area (Å²) in [5.74, 6) is 3.29. The van der Waals surface area contributed by atoms with Crippen molar-refractivity contribution in [1.82, 2.24) is 0 Å². The van der Waals surface area contributed by atoms with Gasteiger partial charge in [0, 0.05) is 17.7 Å². The first kappa shape index (κ1) is 19.2. The van der Waals surface area contributed by atoms with E-state index in [2.05, 4.69) is 18.2 Å². The normalized spacial score (nSPS) is 15.2. The van der Waals surface area contributed by atoms with Crippen molar-refractivity contribution in [2.24, 2.45) is 0 Å². The first-order valence-electron chi connectivity index (χ1n) is 10.0. The average molecular weight is 390 g/mol. The van der Waals surface area contributed by atoms with Gasteiger partial charge in [0.05, 0.1) is 13.7 Å². The molecule has 4 heteroatoms. The van der Waals surface area contributed by atoms with Gasteiger partial charge in [-0.15, -0.1) is 0 Å². The van der Waals surface area contributed by atoms with E-state index in [0.29, 0.717) is 13.2 Å². The molecule has 1 heterocycles. The summed E-state index contributed by atoms with van der Waals surface area (Å²) in [6, 6.07) is 22.2. The summed E-state index contributed by atoms with van der Waals surface area (Å²) in [4.78, 5) is 0. The zero-order chi connectivity index (χ0) is 20.1. The van der Waals surface area contributed by atoms with Crippen molar-refractivity contribution in [3.05, 3.63) is 83.4 Å². The molecule has 1 atom stereocenters. The van der Waals surface area contributed by atoms with Gasteiger partial charge in [-0.25, -0.2) is 0 Å². The summed E-state index contributed by atoms with van der Waals surface area (Å²) in [5.41, 5.74) is 3.37. The molecule has 29 heavy (non-hydrogen) atoms. The number of methoxy groups -OCH3 is 1. The second-order valence-electron chi connectivity index (χ2n) is 7.03. The van der Waals surface area contributed by atoms with Crippen molar-refractivity contribution < 1.29 is 18.9 Å². The van der Waals surface area contributed by atoms with Gasteiger partial charge in [0.25, 0.3) is 0 Å². The zero-order valence-electron chi connectivity index (χ0n) is 16.9. The third-order valence-corrected chi connectivity index (χ3v) is 5.10. The van der Waals surface area contributed by atoms with E-state index in [1.54, 1.807) is 7.11 Å². The second-order valence-corrected chi connectivity index (χ2v) is 7.03. The first-order valence-corrected chi connectivity index (χ1v) is 10.0. The molecule has 0 radical (unpaired) electrons. The van der Waals surface area contributed by atoms with E-state index < -0.39 is 0 Å². The molecule has 150 valence electrons. The Hall–Kier alpha value is -3.14. The molecule has 0 amide bonds. The third kappa shape index (κ3) is 4.48. The van der Waals surface area contributed by atoms with Crippen LogP contribution in [-0.4, -0.2) is 13.7 Å². The Morgan fingerprint density at radius 1 is 0.931 bits per heavy atom. The molecule has 1 aliphatic heterocycles. The SMILES string of the molecule is CCOc1ccc2c(c1)OC(c1ccc(OC)cc1OCc1ccccc1)CC2. The third-order valence-electron chi connectivity index (χ3n) is 5.10. The molecule has 4 rings (SSSR count). The largest absolute Gasteiger partial charge is 0.497 e. The summed E-state index contributed by atoms with van der Waals surface area (Å²) in [5, 5.41) is 0. The first-order chi connectivity index (χ1) is 14.3. The number of fused-ring (bicyclic) bond motifs is 1. The molecule has 0 N–H and O–H groups in total. The van der Waals surface area contributed by atoms with Gasteiger partial charge in [-0.3, -0.25) is 0 Å². The van der Waals surface area contributed by atoms with Crippen molar-refractivity contribution >= 4 is 0 Å². The Labute approximate surface area is 172 Å². The van der Waals surface area contributed by atoms with Gasteiger partial charge >= 0.3 is 0 Å². The molecule has 0 aliphatic carbocycles. The number of hydrogen-bond acceptors (Lipinski definition) is 4. The van der Waals surface area contributed by atoms with E-state index in [1.807, 2.05) is 55.5 Å². The Morgan fingerprint density at radius 3 is 2.55 bits per heavy atom. The van der Waals surface area contributed by atoms with E-state index in [4.69, 9.17) is 18.9 Å². The van der Waals surface area contributed by atoms with Crippen molar-refractivity contribution in [3.8, 4) is 23.0 Å². The maximum absolute atomic E-state index is 6.37. The van der Waals surface area contributed by atoms with Crippen LogP contribution in [-0.2, 0) is 13.0 Å². The van der Waals surface area contributed by atoms with E-state index in [9.17, 15) is 0 Å². The molecular weight excluding hydrogens is 364 g/mol. The molecule has 3 aromatic rings. The molecule has 0 bridgehead atoms. The highest BCUT2D eigenvalue weighted by molar-refractivity contribution is 5.46. The van der Waals surface area contributed by atoms with Gasteiger partial charge in [-0.2, -0.15) is 0 Å². The monoisotopic (exact) mass is 390 g/mol. The van der Waals surface area contributed by atoms with Gasteiger partial charge in [-0.1, -0.05) is 36.4 Å². The van der Waals surface area contributed by atoms with Gasteiger partial charge in [0.2, 0.25) is 0 Å². The van der Waals surface area contributed by atoms with Crippen molar-refractivity contribution in [3.63, 3.8) is 0 Å². The number of rotatable bonds is 7. The van der Waals surface area contributed by atoms with Crippen LogP contribution in [0.25, 0.3) is 0 Å². The average Bonchev–Trinajstić information content (AvgIpc) is 2.78. The topological polar surface area (TPSA) is 36.9 Å². The second kappa shape index (κ2) is 8.91. The van der Waals surface area contributed by atoms with Crippen molar-refractivity contribution in [2.75, 3.05) is 13.7 Å². The van der Waals surface area contributed by atoms with E-state index in [0.717, 1.165) is 47.0 Å². The van der Waals surface area contributed by atoms with Crippen LogP contribution in [0.3, 0.4) is 0 Å². The number of aryl methyl sites for hydroxylation is 1. The minimum atomic E-state index is -0.0731. The van der Waals surface area contributed by atoms with Gasteiger partial charge in [-0.05, 0) is 49.1 Å². The Kier molecular flexibility index (Phi) is 5.89. The summed E-state index contributed by atoms with van der Waals surface area (Å²) >= 11 is 0. The van der Waals surface area contributed by atoms with Gasteiger partial charge in [0.1, 0.15) is 35.7 Å². The maximum Gasteiger partial charge on any atom is 0.130 e. The maximum atomic E-state index is 6.37. The highest BCUT2D eigenvalue weighted by Gasteiger charge is 2.25. The number of benzene rings is 3. The fourth-order valence-corrected chi connectivity index (χ4v) is 3.59. The smallest absolute Gasteiger partial charge is 0.130 e. The molecule has 4 nitrogen and oxygen atoms in total. The van der Waals surface area contributed by atoms with Gasteiger partial charge in [0.15, 0.2) is 0 Å². The number of hydrogen-bond donors (Lipinski definition) is 0. The van der Waals surface area contributed by atoms with Crippen molar-refractivity contribution in [2.45, 2.75) is 32.5 Å². The standard InChI is InChI=1S/C25H26O4/c1-3-27-21-11-9-19-10-14-23(29-24(19)16-21)22-13-12-20(26-2)15-25(22)28-17-18-7-5-4-6-8-18/h4-9,11-13,15-16,23H,3,10,14,17H2,1-2H3. The molecule has 3 aromatic carbocycles. The fourth-order valence-electron chi connectivity index (χ4n) is 3.59. The van der Waals surface area contributed by atoms with E-state index >= 15 is 0 Å². The highest BCUT2D eigenvalue weighted by atomic mass is 16.5. The lowest BCUT2D eigenvalue weighted by Crippen LogP contribution is -2.16. The molecule has 0 saturated heterocycles. The molecule has 0 fully saturated rings. The summed E-state index contributed by atoms with van der Waals surface area (Å²) in [6.07, 6.45) is 1.78. The zero-order valence-corrected chi connectivity index (χ0v) is 16.9. The minimum absolute atomic E-state index is 0.0731. The van der Waals surface area contributed by atoms with Gasteiger partial charge < -0.3 is 18.9 Å². The number of ether oxygens (including phenoxy) is 4. The lowest BCUT2D eigenvalue weighted by atomic mass is 9.96. The fraction of sp³-hybridized carbons (Fsp3) is 0.280. The van der Waals surface area contributed by atoms with E-state index in [-0.39, 0.29) is 6.10 Å². The molecule has 0 saturated carbocycles. The summed E-state index contributed by atoms with van der Waals surface area (Å²) in [6.45, 7) is 3.12. The van der Waals surface area contributed by atoms with Crippen LogP contribution >= 0.6 is 0 Å². The van der Waals surface area contributed by atoms with Crippen molar-refractivity contribution in [1.29, 1.82) is 0 Å². The van der Waals surface area contributed by atoms with Crippen LogP contribution in [0, 0.1) is 0 Å². The van der Waals surface area contributed by atoms with E-state index in [1.165, 1.54) is 5.56 Å². The van der Waals surface area contributed by atoms with Crippen LogP contribution in [0.2, 0.25) is 0 Å². The Bertz CT molecular complexity index is 952. The Balaban J connectivity index is 1.58. The highest BCUT2D eigenvalue weighted by Crippen LogP contribution is 2.41. The lowest BCUT2D eigenvalue weighted by Gasteiger charge is -2.28. The van der Waals surface area contributed by atoms with Crippen LogP contribution in [0.5, 0.6) is 23.0 Å². The molecular formula is C25H26O4. The molecule has 1 aliphatic rings. The van der Waals surface area contributed by atoms with Crippen LogP contribution in [0.15, 0.2) is 66.7 Å². The predicted molar refractivity (Wildman–Crippen MR) is 113 cm³/mol. The summed E-state index contributed by atoms with van der Waals surface area (Å²) < 4.78 is 23.6. The molecule has 1 unspecified atom stereocenters. The quantitative estimate of drug-likeness (QED) is 0.515. The molecule has 0 spiro atoms.